The molecule has 3 aromatic rings. The molecule has 0 fully saturated rings. The normalized spacial score (nSPS) is 13.3. The molecule has 5 nitrogen and oxygen atoms in total. The van der Waals surface area contributed by atoms with Crippen LogP contribution in [0.3, 0.4) is 0 Å². The first-order valence-corrected chi connectivity index (χ1v) is 12.1. The molecule has 0 aliphatic carbocycles. The number of amides is 1. The number of hydrogen-bond acceptors (Lipinski definition) is 3. The lowest BCUT2D eigenvalue weighted by molar-refractivity contribution is -0.141. The molecule has 0 bridgehead atoms. The predicted octanol–water partition coefficient (Wildman–Crippen LogP) is 4.99. The van der Waals surface area contributed by atoms with Crippen molar-refractivity contribution in [1.29, 1.82) is 0 Å². The molecular formula is C24H21F6N3O2S. The van der Waals surface area contributed by atoms with E-state index in [1.165, 1.54) is 25.3 Å². The summed E-state index contributed by atoms with van der Waals surface area (Å²) >= 11 is 0. The average molecular weight is 530 g/mol. The van der Waals surface area contributed by atoms with Gasteiger partial charge in [-0.3, -0.25) is 4.79 Å². The molecule has 0 aliphatic rings. The lowest BCUT2D eigenvalue weighted by Crippen LogP contribution is -2.28. The fraction of sp³-hybridized carbons (Fsp3) is 0.250. The molecule has 2 unspecified atom stereocenters. The Hall–Kier alpha value is -3.25. The Kier molecular flexibility index (Phi) is 8.51. The summed E-state index contributed by atoms with van der Waals surface area (Å²) in [4.78, 5) is 16.2. The molecule has 0 radical (unpaired) electrons. The number of carbonyl (C=O) groups excluding carboxylic acids is 1. The van der Waals surface area contributed by atoms with Crippen LogP contribution in [0, 0.1) is 17.5 Å². The molecule has 1 aromatic heterocycles. The predicted molar refractivity (Wildman–Crippen MR) is 122 cm³/mol. The molecule has 2 aromatic carbocycles. The number of hydrogen-bond donors (Lipinski definition) is 2. The van der Waals surface area contributed by atoms with Crippen LogP contribution in [-0.2, 0) is 35.0 Å². The summed E-state index contributed by atoms with van der Waals surface area (Å²) in [6.45, 7) is 1.18. The summed E-state index contributed by atoms with van der Waals surface area (Å²) < 4.78 is 95.8. The number of aromatic nitrogens is 1. The van der Waals surface area contributed by atoms with Gasteiger partial charge >= 0.3 is 6.18 Å². The highest BCUT2D eigenvalue weighted by molar-refractivity contribution is 7.82. The summed E-state index contributed by atoms with van der Waals surface area (Å²) in [7, 11) is -1.33. The Morgan fingerprint density at radius 1 is 0.972 bits per heavy atom. The Morgan fingerprint density at radius 2 is 1.67 bits per heavy atom. The summed E-state index contributed by atoms with van der Waals surface area (Å²) in [5.41, 5.74) is -1.66. The molecule has 36 heavy (non-hydrogen) atoms. The van der Waals surface area contributed by atoms with Gasteiger partial charge in [0.25, 0.3) is 0 Å². The van der Waals surface area contributed by atoms with Crippen molar-refractivity contribution >= 4 is 16.9 Å². The number of nitrogens with zero attached hydrogens (tertiary/aromatic N) is 1. The van der Waals surface area contributed by atoms with Crippen molar-refractivity contribution < 1.29 is 35.3 Å². The SMILES string of the molecule is CC(C(=O)NCc1ccc(C(F)(F)F)nc1-c1cc(F)ccc1F)c1ccc(CNS(C)=O)c(F)c1. The van der Waals surface area contributed by atoms with E-state index in [-0.39, 0.29) is 24.2 Å². The number of benzene rings is 2. The number of alkyl halides is 3. The standard InChI is InChI=1S/C24H21F6N3O2S/c1-13(14-3-4-15(20(27)9-14)12-32-36(2)35)23(34)31-11-16-5-8-21(24(28,29)30)33-22(16)18-10-17(25)6-7-19(18)26/h3-10,13,32H,11-12H2,1-2H3,(H,31,34). The molecule has 2 N–H and O–H groups in total. The Balaban J connectivity index is 1.83. The van der Waals surface area contributed by atoms with Crippen LogP contribution in [0.1, 0.15) is 35.2 Å². The van der Waals surface area contributed by atoms with Gasteiger partial charge in [-0.25, -0.2) is 27.1 Å². The van der Waals surface area contributed by atoms with Crippen molar-refractivity contribution in [3.63, 3.8) is 0 Å². The Morgan fingerprint density at radius 3 is 2.31 bits per heavy atom. The summed E-state index contributed by atoms with van der Waals surface area (Å²) in [5.74, 6) is -3.90. The molecule has 3 rings (SSSR count). The van der Waals surface area contributed by atoms with Gasteiger partial charge in [0.15, 0.2) is 0 Å². The monoisotopic (exact) mass is 529 g/mol. The number of pyridine rings is 1. The molecule has 0 aliphatic heterocycles. The van der Waals surface area contributed by atoms with Gasteiger partial charge in [0, 0.05) is 30.5 Å². The van der Waals surface area contributed by atoms with Gasteiger partial charge in [0.2, 0.25) is 5.91 Å². The first-order chi connectivity index (χ1) is 16.9. The van der Waals surface area contributed by atoms with Gasteiger partial charge < -0.3 is 5.32 Å². The number of rotatable bonds is 8. The van der Waals surface area contributed by atoms with E-state index in [9.17, 15) is 35.3 Å². The average Bonchev–Trinajstić information content (AvgIpc) is 2.82. The van der Waals surface area contributed by atoms with Gasteiger partial charge in [0.1, 0.15) is 23.1 Å². The molecule has 0 saturated heterocycles. The van der Waals surface area contributed by atoms with Crippen molar-refractivity contribution in [3.8, 4) is 11.3 Å². The van der Waals surface area contributed by atoms with Crippen molar-refractivity contribution in [2.45, 2.75) is 32.1 Å². The first-order valence-electron chi connectivity index (χ1n) is 10.5. The highest BCUT2D eigenvalue weighted by Gasteiger charge is 2.33. The van der Waals surface area contributed by atoms with Crippen molar-refractivity contribution in [2.75, 3.05) is 6.26 Å². The quantitative estimate of drug-likeness (QED) is 0.404. The van der Waals surface area contributed by atoms with E-state index < -0.39 is 63.4 Å². The van der Waals surface area contributed by atoms with Crippen LogP contribution in [0.4, 0.5) is 26.3 Å². The minimum absolute atomic E-state index is 0.0215. The Labute approximate surface area is 205 Å². The van der Waals surface area contributed by atoms with Gasteiger partial charge in [-0.1, -0.05) is 18.2 Å². The molecule has 2 atom stereocenters. The zero-order chi connectivity index (χ0) is 26.6. The van der Waals surface area contributed by atoms with Crippen LogP contribution >= 0.6 is 0 Å². The molecule has 1 heterocycles. The highest BCUT2D eigenvalue weighted by Crippen LogP contribution is 2.32. The fourth-order valence-corrected chi connectivity index (χ4v) is 3.70. The molecule has 192 valence electrons. The van der Waals surface area contributed by atoms with Crippen LogP contribution in [0.2, 0.25) is 0 Å². The molecule has 0 saturated carbocycles. The van der Waals surface area contributed by atoms with Gasteiger partial charge in [-0.15, -0.1) is 0 Å². The second-order valence-corrected chi connectivity index (χ2v) is 9.09. The molecule has 0 spiro atoms. The first kappa shape index (κ1) is 27.3. The van der Waals surface area contributed by atoms with Gasteiger partial charge in [0.05, 0.1) is 22.6 Å². The number of halogens is 6. The molecular weight excluding hydrogens is 508 g/mol. The van der Waals surface area contributed by atoms with E-state index in [4.69, 9.17) is 0 Å². The third-order valence-corrected chi connectivity index (χ3v) is 5.89. The fourth-order valence-electron chi connectivity index (χ4n) is 3.34. The van der Waals surface area contributed by atoms with Crippen molar-refractivity contribution in [1.82, 2.24) is 15.0 Å². The van der Waals surface area contributed by atoms with E-state index >= 15 is 0 Å². The maximum absolute atomic E-state index is 14.4. The third kappa shape index (κ3) is 6.70. The Bertz CT molecular complexity index is 1300. The van der Waals surface area contributed by atoms with E-state index in [0.29, 0.717) is 11.6 Å². The van der Waals surface area contributed by atoms with Crippen LogP contribution in [0.5, 0.6) is 0 Å². The maximum Gasteiger partial charge on any atom is 0.433 e. The lowest BCUT2D eigenvalue weighted by atomic mass is 9.98. The summed E-state index contributed by atoms with van der Waals surface area (Å²) in [6, 6.07) is 8.14. The summed E-state index contributed by atoms with van der Waals surface area (Å²) in [6.07, 6.45) is -3.42. The lowest BCUT2D eigenvalue weighted by Gasteiger charge is -2.16. The second kappa shape index (κ2) is 11.2. The number of carbonyl (C=O) groups is 1. The van der Waals surface area contributed by atoms with Crippen molar-refractivity contribution in [2.24, 2.45) is 0 Å². The van der Waals surface area contributed by atoms with E-state index in [2.05, 4.69) is 15.0 Å². The van der Waals surface area contributed by atoms with E-state index in [0.717, 1.165) is 30.3 Å². The summed E-state index contributed by atoms with van der Waals surface area (Å²) in [5, 5.41) is 2.52. The van der Waals surface area contributed by atoms with Crippen molar-refractivity contribution in [3.05, 3.63) is 88.4 Å². The zero-order valence-corrected chi connectivity index (χ0v) is 19.9. The zero-order valence-electron chi connectivity index (χ0n) is 19.1. The second-order valence-electron chi connectivity index (χ2n) is 7.89. The van der Waals surface area contributed by atoms with Crippen LogP contribution in [-0.4, -0.2) is 21.4 Å². The van der Waals surface area contributed by atoms with E-state index in [1.807, 2.05) is 0 Å². The van der Waals surface area contributed by atoms with E-state index in [1.54, 1.807) is 0 Å². The van der Waals surface area contributed by atoms with Gasteiger partial charge in [-0.2, -0.15) is 13.2 Å². The number of nitrogens with one attached hydrogen (secondary N) is 2. The minimum Gasteiger partial charge on any atom is -0.351 e. The molecule has 12 heteroatoms. The maximum atomic E-state index is 14.4. The third-order valence-electron chi connectivity index (χ3n) is 5.34. The van der Waals surface area contributed by atoms with Gasteiger partial charge in [-0.05, 0) is 48.4 Å². The largest absolute Gasteiger partial charge is 0.433 e. The topological polar surface area (TPSA) is 71.1 Å². The molecule has 1 amide bonds. The highest BCUT2D eigenvalue weighted by atomic mass is 32.2. The van der Waals surface area contributed by atoms with Crippen LogP contribution in [0.25, 0.3) is 11.3 Å². The minimum atomic E-state index is -4.83. The van der Waals surface area contributed by atoms with Crippen LogP contribution < -0.4 is 10.0 Å². The smallest absolute Gasteiger partial charge is 0.351 e. The van der Waals surface area contributed by atoms with Crippen LogP contribution in [0.15, 0.2) is 48.5 Å².